The van der Waals surface area contributed by atoms with Gasteiger partial charge in [-0.05, 0) is 55.2 Å². The van der Waals surface area contributed by atoms with Crippen LogP contribution < -0.4 is 10.1 Å². The molecule has 0 bridgehead atoms. The normalized spacial score (nSPS) is 15.9. The quantitative estimate of drug-likeness (QED) is 0.582. The van der Waals surface area contributed by atoms with E-state index < -0.39 is 20.0 Å². The summed E-state index contributed by atoms with van der Waals surface area (Å²) in [7, 11) is -2.85. The molecule has 1 saturated heterocycles. The van der Waals surface area contributed by atoms with Crippen molar-refractivity contribution < 1.29 is 26.4 Å². The SMILES string of the molecule is COc1ccc(C)cc1S(=O)(=O)N1CCC(C(=O)NCc2ccc(S(=O)(=O)N(C)C)cc2)CC1. The Morgan fingerprint density at radius 1 is 1.06 bits per heavy atom. The second-order valence-electron chi connectivity index (χ2n) is 8.48. The molecule has 3 rings (SSSR count). The van der Waals surface area contributed by atoms with Crippen molar-refractivity contribution in [3.63, 3.8) is 0 Å². The van der Waals surface area contributed by atoms with E-state index in [9.17, 15) is 21.6 Å². The largest absolute Gasteiger partial charge is 0.495 e. The Morgan fingerprint density at radius 3 is 2.24 bits per heavy atom. The van der Waals surface area contributed by atoms with Crippen LogP contribution in [0.15, 0.2) is 52.3 Å². The van der Waals surface area contributed by atoms with Crippen LogP contribution in [0.1, 0.15) is 24.0 Å². The highest BCUT2D eigenvalue weighted by atomic mass is 32.2. The highest BCUT2D eigenvalue weighted by Crippen LogP contribution is 2.30. The van der Waals surface area contributed by atoms with Crippen LogP contribution in [0.5, 0.6) is 5.75 Å². The molecule has 2 aromatic carbocycles. The lowest BCUT2D eigenvalue weighted by Gasteiger charge is -2.31. The average molecular weight is 510 g/mol. The Labute approximate surface area is 201 Å². The number of amides is 1. The molecule has 0 saturated carbocycles. The third-order valence-electron chi connectivity index (χ3n) is 5.93. The summed E-state index contributed by atoms with van der Waals surface area (Å²) in [5, 5.41) is 2.87. The van der Waals surface area contributed by atoms with Crippen molar-refractivity contribution in [2.24, 2.45) is 5.92 Å². The fraction of sp³-hybridized carbons (Fsp3) is 0.435. The van der Waals surface area contributed by atoms with E-state index in [2.05, 4.69) is 5.32 Å². The molecule has 1 fully saturated rings. The number of benzene rings is 2. The summed E-state index contributed by atoms with van der Waals surface area (Å²) in [4.78, 5) is 13.0. The number of sulfonamides is 2. The molecule has 9 nitrogen and oxygen atoms in total. The van der Waals surface area contributed by atoms with E-state index in [-0.39, 0.29) is 41.3 Å². The van der Waals surface area contributed by atoms with Gasteiger partial charge in [0.15, 0.2) is 0 Å². The predicted molar refractivity (Wildman–Crippen MR) is 128 cm³/mol. The van der Waals surface area contributed by atoms with Gasteiger partial charge in [0.1, 0.15) is 10.6 Å². The zero-order valence-corrected chi connectivity index (χ0v) is 21.4. The van der Waals surface area contributed by atoms with Crippen LogP contribution in [0.2, 0.25) is 0 Å². The van der Waals surface area contributed by atoms with Crippen molar-refractivity contribution >= 4 is 26.0 Å². The van der Waals surface area contributed by atoms with Gasteiger partial charge in [0.05, 0.1) is 12.0 Å². The van der Waals surface area contributed by atoms with Gasteiger partial charge < -0.3 is 10.1 Å². The first-order valence-electron chi connectivity index (χ1n) is 10.9. The zero-order valence-electron chi connectivity index (χ0n) is 19.8. The molecule has 0 unspecified atom stereocenters. The molecule has 2 aromatic rings. The number of hydrogen-bond donors (Lipinski definition) is 1. The van der Waals surface area contributed by atoms with Gasteiger partial charge in [-0.25, -0.2) is 21.1 Å². The molecular weight excluding hydrogens is 478 g/mol. The molecule has 1 N–H and O–H groups in total. The van der Waals surface area contributed by atoms with E-state index in [0.717, 1.165) is 15.4 Å². The standard InChI is InChI=1S/C23H31N3O6S2/c1-17-5-10-21(32-4)22(15-17)34(30,31)26-13-11-19(12-14-26)23(27)24-16-18-6-8-20(9-7-18)33(28,29)25(2)3/h5-10,15,19H,11-14,16H2,1-4H3,(H,24,27). The van der Waals surface area contributed by atoms with Gasteiger partial charge in [-0.1, -0.05) is 18.2 Å². The lowest BCUT2D eigenvalue weighted by atomic mass is 9.97. The summed E-state index contributed by atoms with van der Waals surface area (Å²) in [6.45, 7) is 2.58. The van der Waals surface area contributed by atoms with Gasteiger partial charge in [-0.15, -0.1) is 0 Å². The van der Waals surface area contributed by atoms with Crippen LogP contribution in [-0.4, -0.2) is 65.6 Å². The van der Waals surface area contributed by atoms with Crippen molar-refractivity contribution in [2.75, 3.05) is 34.3 Å². The van der Waals surface area contributed by atoms with Gasteiger partial charge in [-0.2, -0.15) is 4.31 Å². The molecule has 0 aromatic heterocycles. The van der Waals surface area contributed by atoms with Gasteiger partial charge in [0.2, 0.25) is 26.0 Å². The summed E-state index contributed by atoms with van der Waals surface area (Å²) in [5.41, 5.74) is 1.60. The first-order valence-corrected chi connectivity index (χ1v) is 13.8. The molecule has 1 aliphatic heterocycles. The molecule has 1 amide bonds. The summed E-state index contributed by atoms with van der Waals surface area (Å²) in [5.74, 6) is -0.135. The third kappa shape index (κ3) is 5.60. The van der Waals surface area contributed by atoms with Crippen molar-refractivity contribution in [1.82, 2.24) is 13.9 Å². The Kier molecular flexibility index (Phi) is 8.02. The maximum Gasteiger partial charge on any atom is 0.246 e. The maximum atomic E-state index is 13.1. The Balaban J connectivity index is 1.57. The van der Waals surface area contributed by atoms with Gasteiger partial charge in [-0.3, -0.25) is 4.79 Å². The predicted octanol–water partition coefficient (Wildman–Crippen LogP) is 1.97. The van der Waals surface area contributed by atoms with Gasteiger partial charge in [0.25, 0.3) is 0 Å². The molecule has 34 heavy (non-hydrogen) atoms. The molecule has 186 valence electrons. The second-order valence-corrected chi connectivity index (χ2v) is 12.5. The van der Waals surface area contributed by atoms with E-state index in [4.69, 9.17) is 4.74 Å². The van der Waals surface area contributed by atoms with Crippen LogP contribution in [0, 0.1) is 12.8 Å². The van der Waals surface area contributed by atoms with Crippen LogP contribution >= 0.6 is 0 Å². The Morgan fingerprint density at radius 2 is 1.68 bits per heavy atom. The van der Waals surface area contributed by atoms with Crippen LogP contribution in [0.3, 0.4) is 0 Å². The monoisotopic (exact) mass is 509 g/mol. The minimum atomic E-state index is -3.73. The maximum absolute atomic E-state index is 13.1. The van der Waals surface area contributed by atoms with E-state index >= 15 is 0 Å². The minimum Gasteiger partial charge on any atom is -0.495 e. The van der Waals surface area contributed by atoms with Crippen molar-refractivity contribution in [1.29, 1.82) is 0 Å². The number of nitrogens with zero attached hydrogens (tertiary/aromatic N) is 2. The lowest BCUT2D eigenvalue weighted by molar-refractivity contribution is -0.126. The summed E-state index contributed by atoms with van der Waals surface area (Å²) >= 11 is 0. The molecule has 0 atom stereocenters. The average Bonchev–Trinajstić information content (AvgIpc) is 2.82. The number of hydrogen-bond acceptors (Lipinski definition) is 6. The minimum absolute atomic E-state index is 0.137. The number of rotatable bonds is 8. The van der Waals surface area contributed by atoms with Gasteiger partial charge in [0, 0.05) is 39.6 Å². The molecular formula is C23H31N3O6S2. The molecule has 0 aliphatic carbocycles. The van der Waals surface area contributed by atoms with Crippen LogP contribution in [-0.2, 0) is 31.4 Å². The molecule has 0 radical (unpaired) electrons. The van der Waals surface area contributed by atoms with Crippen molar-refractivity contribution in [3.05, 3.63) is 53.6 Å². The summed E-state index contributed by atoms with van der Waals surface area (Å²) in [6, 6.07) is 11.4. The second kappa shape index (κ2) is 10.4. The first-order chi connectivity index (χ1) is 16.0. The number of piperidine rings is 1. The topological polar surface area (TPSA) is 113 Å². The van der Waals surface area contributed by atoms with E-state index in [0.29, 0.717) is 18.6 Å². The third-order valence-corrected chi connectivity index (χ3v) is 9.68. The van der Waals surface area contributed by atoms with Gasteiger partial charge >= 0.3 is 0 Å². The molecule has 0 spiro atoms. The number of aryl methyl sites for hydroxylation is 1. The lowest BCUT2D eigenvalue weighted by Crippen LogP contribution is -2.42. The molecule has 1 heterocycles. The number of carbonyl (C=O) groups excluding carboxylic acids is 1. The summed E-state index contributed by atoms with van der Waals surface area (Å²) < 4.78 is 58.4. The van der Waals surface area contributed by atoms with E-state index in [1.54, 1.807) is 30.3 Å². The van der Waals surface area contributed by atoms with E-state index in [1.165, 1.54) is 37.6 Å². The first kappa shape index (κ1) is 26.1. The highest BCUT2D eigenvalue weighted by molar-refractivity contribution is 7.89. The fourth-order valence-corrected chi connectivity index (χ4v) is 6.42. The number of methoxy groups -OCH3 is 1. The Bertz CT molecular complexity index is 1230. The molecule has 11 heteroatoms. The van der Waals surface area contributed by atoms with Crippen LogP contribution in [0.4, 0.5) is 0 Å². The Hall–Kier alpha value is -2.47. The fourth-order valence-electron chi connectivity index (χ4n) is 3.81. The van der Waals surface area contributed by atoms with Crippen molar-refractivity contribution in [2.45, 2.75) is 36.1 Å². The summed E-state index contributed by atoms with van der Waals surface area (Å²) in [6.07, 6.45) is 0.832. The smallest absolute Gasteiger partial charge is 0.246 e. The number of carbonyl (C=O) groups is 1. The number of ether oxygens (including phenoxy) is 1. The number of nitrogens with one attached hydrogen (secondary N) is 1. The van der Waals surface area contributed by atoms with E-state index in [1.807, 2.05) is 6.92 Å². The van der Waals surface area contributed by atoms with Crippen molar-refractivity contribution in [3.8, 4) is 5.75 Å². The highest BCUT2D eigenvalue weighted by Gasteiger charge is 2.33. The van der Waals surface area contributed by atoms with Crippen LogP contribution in [0.25, 0.3) is 0 Å². The zero-order chi connectivity index (χ0) is 25.1. The molecule has 1 aliphatic rings.